The third kappa shape index (κ3) is 3.82. The molecule has 3 fully saturated rings. The molecule has 0 aromatic rings. The van der Waals surface area contributed by atoms with Crippen LogP contribution in [0.5, 0.6) is 0 Å². The van der Waals surface area contributed by atoms with Crippen LogP contribution in [0.15, 0.2) is 11.6 Å². The molecule has 0 radical (unpaired) electrons. The average molecular weight is 447 g/mol. The van der Waals surface area contributed by atoms with Gasteiger partial charge in [-0.2, -0.15) is 0 Å². The van der Waals surface area contributed by atoms with E-state index in [-0.39, 0.29) is 53.7 Å². The molecule has 0 spiro atoms. The summed E-state index contributed by atoms with van der Waals surface area (Å²) in [6, 6.07) is 0. The zero-order valence-corrected chi connectivity index (χ0v) is 19.0. The van der Waals surface area contributed by atoms with Crippen LogP contribution in [0.25, 0.3) is 0 Å². The smallest absolute Gasteiger partial charge is 0.306 e. The van der Waals surface area contributed by atoms with Crippen molar-refractivity contribution in [2.75, 3.05) is 6.61 Å². The van der Waals surface area contributed by atoms with E-state index in [1.165, 1.54) is 5.57 Å². The fourth-order valence-electron chi connectivity index (χ4n) is 7.75. The zero-order valence-electron chi connectivity index (χ0n) is 19.0. The van der Waals surface area contributed by atoms with E-state index in [0.29, 0.717) is 24.7 Å². The zero-order chi connectivity index (χ0) is 23.3. The summed E-state index contributed by atoms with van der Waals surface area (Å²) in [6.07, 6.45) is 6.04. The van der Waals surface area contributed by atoms with E-state index in [0.717, 1.165) is 32.1 Å². The van der Waals surface area contributed by atoms with Crippen LogP contribution in [0.4, 0.5) is 0 Å². The third-order valence-corrected chi connectivity index (χ3v) is 9.20. The molecule has 3 saturated carbocycles. The number of hydrogen-bond acceptors (Lipinski definition) is 6. The number of carboxylic acid groups (broad SMARTS) is 1. The van der Waals surface area contributed by atoms with E-state index >= 15 is 0 Å². The Morgan fingerprint density at radius 1 is 1.12 bits per heavy atom. The number of aliphatic hydroxyl groups excluding tert-OH is 1. The van der Waals surface area contributed by atoms with Gasteiger partial charge in [-0.25, -0.2) is 0 Å². The number of ketones is 2. The highest BCUT2D eigenvalue weighted by Gasteiger charge is 2.62. The minimum Gasteiger partial charge on any atom is -0.481 e. The SMILES string of the molecule is C[C@]12CCC(=O)C=C1CCC1C2C(O)C[C@@]2(C)C1CC[C@@H]2C(=O)COC(=O)CCC(=O)O. The summed E-state index contributed by atoms with van der Waals surface area (Å²) in [5.74, 6) is -1.21. The molecule has 0 heterocycles. The Morgan fingerprint density at radius 3 is 2.59 bits per heavy atom. The third-order valence-electron chi connectivity index (χ3n) is 9.20. The fraction of sp³-hybridized carbons (Fsp3) is 0.760. The molecule has 0 bridgehead atoms. The number of rotatable bonds is 6. The van der Waals surface area contributed by atoms with Crippen molar-refractivity contribution in [3.63, 3.8) is 0 Å². The minimum atomic E-state index is -1.08. The first kappa shape index (κ1) is 23.1. The quantitative estimate of drug-likeness (QED) is 0.602. The molecule has 7 atom stereocenters. The minimum absolute atomic E-state index is 0.108. The van der Waals surface area contributed by atoms with Crippen LogP contribution >= 0.6 is 0 Å². The van der Waals surface area contributed by atoms with Crippen molar-refractivity contribution in [1.29, 1.82) is 0 Å². The Morgan fingerprint density at radius 2 is 1.88 bits per heavy atom. The maximum Gasteiger partial charge on any atom is 0.306 e. The Labute approximate surface area is 188 Å². The van der Waals surface area contributed by atoms with E-state index in [1.807, 2.05) is 6.08 Å². The van der Waals surface area contributed by atoms with Gasteiger partial charge in [-0.1, -0.05) is 19.4 Å². The van der Waals surface area contributed by atoms with Crippen LogP contribution in [0.1, 0.15) is 71.6 Å². The van der Waals surface area contributed by atoms with E-state index in [9.17, 15) is 24.3 Å². The van der Waals surface area contributed by atoms with Gasteiger partial charge in [0.2, 0.25) is 0 Å². The first-order chi connectivity index (χ1) is 15.1. The molecular weight excluding hydrogens is 412 g/mol. The molecule has 32 heavy (non-hydrogen) atoms. The summed E-state index contributed by atoms with van der Waals surface area (Å²) in [5.41, 5.74) is 0.698. The van der Waals surface area contributed by atoms with Crippen LogP contribution in [0.2, 0.25) is 0 Å². The van der Waals surface area contributed by atoms with Crippen LogP contribution in [-0.4, -0.2) is 46.4 Å². The number of carboxylic acids is 1. The van der Waals surface area contributed by atoms with E-state index in [4.69, 9.17) is 9.84 Å². The standard InChI is InChI=1S/C25H34O7/c1-24-10-9-15(26)11-14(24)3-4-16-17-5-6-18(25(17,2)12-19(27)23(16)24)20(28)13-32-22(31)8-7-21(29)30/h11,16-19,23,27H,3-10,12-13H2,1-2H3,(H,29,30)/t16?,17?,18-,19?,23?,24+,25+/m1/s1. The fourth-order valence-corrected chi connectivity index (χ4v) is 7.75. The van der Waals surface area contributed by atoms with Crippen molar-refractivity contribution in [1.82, 2.24) is 0 Å². The molecule has 4 unspecified atom stereocenters. The van der Waals surface area contributed by atoms with Gasteiger partial charge >= 0.3 is 11.9 Å². The van der Waals surface area contributed by atoms with Gasteiger partial charge < -0.3 is 14.9 Å². The molecule has 0 saturated heterocycles. The highest BCUT2D eigenvalue weighted by Crippen LogP contribution is 2.66. The number of hydrogen-bond donors (Lipinski definition) is 2. The second kappa shape index (κ2) is 8.40. The maximum absolute atomic E-state index is 13.0. The first-order valence-corrected chi connectivity index (χ1v) is 11.9. The first-order valence-electron chi connectivity index (χ1n) is 11.9. The number of esters is 1. The highest BCUT2D eigenvalue weighted by molar-refractivity contribution is 5.91. The number of ether oxygens (including phenoxy) is 1. The number of fused-ring (bicyclic) bond motifs is 5. The molecule has 4 aliphatic rings. The summed E-state index contributed by atoms with van der Waals surface area (Å²) in [7, 11) is 0. The Kier molecular flexibility index (Phi) is 6.07. The predicted molar refractivity (Wildman–Crippen MR) is 114 cm³/mol. The van der Waals surface area contributed by atoms with Gasteiger partial charge in [0.15, 0.2) is 11.6 Å². The molecule has 7 nitrogen and oxygen atoms in total. The van der Waals surface area contributed by atoms with E-state index in [1.54, 1.807) is 0 Å². The summed E-state index contributed by atoms with van der Waals surface area (Å²) < 4.78 is 5.07. The van der Waals surface area contributed by atoms with Crippen LogP contribution in [-0.2, 0) is 23.9 Å². The predicted octanol–water partition coefficient (Wildman–Crippen LogP) is 3.08. The van der Waals surface area contributed by atoms with Crippen molar-refractivity contribution in [2.24, 2.45) is 34.5 Å². The van der Waals surface area contributed by atoms with Crippen molar-refractivity contribution in [2.45, 2.75) is 77.7 Å². The van der Waals surface area contributed by atoms with Gasteiger partial charge in [0.05, 0.1) is 18.9 Å². The lowest BCUT2D eigenvalue weighted by Crippen LogP contribution is -2.57. The lowest BCUT2D eigenvalue weighted by atomic mass is 9.46. The van der Waals surface area contributed by atoms with Gasteiger partial charge in [-0.05, 0) is 73.2 Å². The van der Waals surface area contributed by atoms with Crippen LogP contribution < -0.4 is 0 Å². The normalized spacial score (nSPS) is 40.5. The second-order valence-electron chi connectivity index (χ2n) is 10.8. The topological polar surface area (TPSA) is 118 Å². The maximum atomic E-state index is 13.0. The lowest BCUT2D eigenvalue weighted by molar-refractivity contribution is -0.156. The lowest BCUT2D eigenvalue weighted by Gasteiger charge is -2.59. The number of aliphatic hydroxyl groups is 1. The molecule has 7 heteroatoms. The summed E-state index contributed by atoms with van der Waals surface area (Å²) >= 11 is 0. The van der Waals surface area contributed by atoms with Crippen LogP contribution in [0.3, 0.4) is 0 Å². The van der Waals surface area contributed by atoms with Gasteiger partial charge in [-0.3, -0.25) is 19.2 Å². The molecule has 0 aliphatic heterocycles. The Hall–Kier alpha value is -2.02. The van der Waals surface area contributed by atoms with Crippen molar-refractivity contribution in [3.05, 3.63) is 11.6 Å². The number of Topliss-reactive ketones (excluding diaryl/α,β-unsaturated/α-hetero) is 1. The Bertz CT molecular complexity index is 860. The summed E-state index contributed by atoms with van der Waals surface area (Å²) in [4.78, 5) is 47.4. The van der Waals surface area contributed by atoms with E-state index in [2.05, 4.69) is 13.8 Å². The molecule has 0 amide bonds. The molecule has 4 aliphatic carbocycles. The van der Waals surface area contributed by atoms with Gasteiger partial charge in [0.1, 0.15) is 6.61 Å². The van der Waals surface area contributed by atoms with Crippen molar-refractivity contribution < 1.29 is 34.1 Å². The molecule has 4 rings (SSSR count). The second-order valence-corrected chi connectivity index (χ2v) is 10.8. The van der Waals surface area contributed by atoms with Gasteiger partial charge in [-0.15, -0.1) is 0 Å². The van der Waals surface area contributed by atoms with Crippen molar-refractivity contribution in [3.8, 4) is 0 Å². The van der Waals surface area contributed by atoms with E-state index < -0.39 is 18.0 Å². The van der Waals surface area contributed by atoms with Crippen LogP contribution in [0, 0.1) is 34.5 Å². The molecule has 0 aromatic heterocycles. The van der Waals surface area contributed by atoms with Gasteiger partial charge in [0.25, 0.3) is 0 Å². The highest BCUT2D eigenvalue weighted by atomic mass is 16.5. The number of aliphatic carboxylic acids is 1. The van der Waals surface area contributed by atoms with Crippen molar-refractivity contribution >= 4 is 23.5 Å². The number of allylic oxidation sites excluding steroid dienone is 1. The molecular formula is C25H34O7. The monoisotopic (exact) mass is 446 g/mol. The average Bonchev–Trinajstić information content (AvgIpc) is 3.07. The Balaban J connectivity index is 1.48. The summed E-state index contributed by atoms with van der Waals surface area (Å²) in [5, 5.41) is 20.0. The molecule has 176 valence electrons. The number of carbonyl (C=O) groups excluding carboxylic acids is 3. The van der Waals surface area contributed by atoms with Gasteiger partial charge in [0, 0.05) is 12.3 Å². The molecule has 0 aromatic carbocycles. The largest absolute Gasteiger partial charge is 0.481 e. The number of carbonyl (C=O) groups is 4. The molecule has 2 N–H and O–H groups in total. The summed E-state index contributed by atoms with van der Waals surface area (Å²) in [6.45, 7) is 3.99.